The highest BCUT2D eigenvalue weighted by atomic mass is 19.1. The molecule has 1 aliphatic carbocycles. The second-order valence-electron chi connectivity index (χ2n) is 6.18. The second kappa shape index (κ2) is 6.00. The van der Waals surface area contributed by atoms with Crippen molar-refractivity contribution in [3.05, 3.63) is 65.3 Å². The van der Waals surface area contributed by atoms with Gasteiger partial charge in [-0.15, -0.1) is 0 Å². The molecule has 1 saturated carbocycles. The van der Waals surface area contributed by atoms with E-state index in [-0.39, 0.29) is 6.61 Å². The summed E-state index contributed by atoms with van der Waals surface area (Å²) in [5.41, 5.74) is 0.812. The van der Waals surface area contributed by atoms with Gasteiger partial charge in [0, 0.05) is 23.4 Å². The molecule has 25 heavy (non-hydrogen) atoms. The molecule has 0 atom stereocenters. The Balaban J connectivity index is 1.74. The second-order valence-corrected chi connectivity index (χ2v) is 6.18. The molecule has 0 unspecified atom stereocenters. The number of pyridine rings is 1. The topological polar surface area (TPSA) is 72.0 Å². The Kier molecular flexibility index (Phi) is 3.80. The molecule has 0 spiro atoms. The van der Waals surface area contributed by atoms with Crippen LogP contribution in [0, 0.1) is 11.6 Å². The SMILES string of the molecule is OCc1cc(-c2noc(C3(c4ccc(F)cc4F)CCC3)n2)ccn1. The lowest BCUT2D eigenvalue weighted by molar-refractivity contribution is 0.211. The van der Waals surface area contributed by atoms with Crippen LogP contribution < -0.4 is 0 Å². The van der Waals surface area contributed by atoms with E-state index in [1.807, 2.05) is 0 Å². The van der Waals surface area contributed by atoms with E-state index in [0.29, 0.717) is 41.4 Å². The fourth-order valence-corrected chi connectivity index (χ4v) is 3.25. The summed E-state index contributed by atoms with van der Waals surface area (Å²) in [7, 11) is 0. The lowest BCUT2D eigenvalue weighted by Gasteiger charge is -2.38. The number of hydrogen-bond donors (Lipinski definition) is 1. The van der Waals surface area contributed by atoms with Crippen LogP contribution in [0.4, 0.5) is 8.78 Å². The zero-order valence-electron chi connectivity index (χ0n) is 13.2. The fourth-order valence-electron chi connectivity index (χ4n) is 3.25. The van der Waals surface area contributed by atoms with Crippen molar-refractivity contribution < 1.29 is 18.4 Å². The monoisotopic (exact) mass is 343 g/mol. The molecular weight excluding hydrogens is 328 g/mol. The Morgan fingerprint density at radius 2 is 2.00 bits per heavy atom. The van der Waals surface area contributed by atoms with Gasteiger partial charge >= 0.3 is 0 Å². The van der Waals surface area contributed by atoms with Gasteiger partial charge in [0.25, 0.3) is 0 Å². The van der Waals surface area contributed by atoms with E-state index in [4.69, 9.17) is 4.52 Å². The maximum absolute atomic E-state index is 14.3. The van der Waals surface area contributed by atoms with Gasteiger partial charge in [0.05, 0.1) is 17.7 Å². The molecule has 5 nitrogen and oxygen atoms in total. The number of halogens is 2. The van der Waals surface area contributed by atoms with Gasteiger partial charge in [-0.1, -0.05) is 17.6 Å². The summed E-state index contributed by atoms with van der Waals surface area (Å²) in [5, 5.41) is 13.2. The third-order valence-corrected chi connectivity index (χ3v) is 4.73. The van der Waals surface area contributed by atoms with Crippen molar-refractivity contribution >= 4 is 0 Å². The predicted molar refractivity (Wildman–Crippen MR) is 84.4 cm³/mol. The van der Waals surface area contributed by atoms with E-state index in [1.54, 1.807) is 18.3 Å². The summed E-state index contributed by atoms with van der Waals surface area (Å²) in [4.78, 5) is 8.45. The molecule has 128 valence electrons. The van der Waals surface area contributed by atoms with Crippen LogP contribution in [-0.4, -0.2) is 20.2 Å². The molecule has 1 aliphatic rings. The Bertz CT molecular complexity index is 922. The quantitative estimate of drug-likeness (QED) is 0.786. The van der Waals surface area contributed by atoms with Crippen LogP contribution >= 0.6 is 0 Å². The zero-order chi connectivity index (χ0) is 17.4. The first-order valence-corrected chi connectivity index (χ1v) is 7.98. The van der Waals surface area contributed by atoms with Crippen LogP contribution in [0.1, 0.15) is 36.4 Å². The molecule has 1 N–H and O–H groups in total. The normalized spacial score (nSPS) is 15.8. The van der Waals surface area contributed by atoms with Gasteiger partial charge in [0.15, 0.2) is 0 Å². The lowest BCUT2D eigenvalue weighted by atomic mass is 9.64. The fraction of sp³-hybridized carbons (Fsp3) is 0.278. The van der Waals surface area contributed by atoms with Crippen molar-refractivity contribution in [2.24, 2.45) is 0 Å². The molecule has 7 heteroatoms. The lowest BCUT2D eigenvalue weighted by Crippen LogP contribution is -2.36. The summed E-state index contributed by atoms with van der Waals surface area (Å²) < 4.78 is 33.0. The number of aliphatic hydroxyl groups excluding tert-OH is 1. The van der Waals surface area contributed by atoms with Crippen molar-refractivity contribution in [2.45, 2.75) is 31.3 Å². The maximum Gasteiger partial charge on any atom is 0.237 e. The molecule has 1 aromatic carbocycles. The van der Waals surface area contributed by atoms with Crippen LogP contribution in [-0.2, 0) is 12.0 Å². The van der Waals surface area contributed by atoms with E-state index in [0.717, 1.165) is 12.5 Å². The van der Waals surface area contributed by atoms with Crippen LogP contribution in [0.15, 0.2) is 41.1 Å². The van der Waals surface area contributed by atoms with Gasteiger partial charge < -0.3 is 9.63 Å². The average Bonchev–Trinajstić information content (AvgIpc) is 3.06. The molecule has 0 saturated heterocycles. The number of aromatic nitrogens is 3. The molecule has 0 radical (unpaired) electrons. The largest absolute Gasteiger partial charge is 0.390 e. The first-order chi connectivity index (χ1) is 12.1. The molecule has 2 heterocycles. The van der Waals surface area contributed by atoms with Gasteiger partial charge in [0.1, 0.15) is 11.6 Å². The highest BCUT2D eigenvalue weighted by Gasteiger charge is 2.47. The predicted octanol–water partition coefficient (Wildman–Crippen LogP) is 3.37. The van der Waals surface area contributed by atoms with Crippen LogP contribution in [0.2, 0.25) is 0 Å². The first kappa shape index (κ1) is 15.8. The van der Waals surface area contributed by atoms with E-state index in [1.165, 1.54) is 12.1 Å². The number of benzene rings is 1. The van der Waals surface area contributed by atoms with Gasteiger partial charge in [-0.3, -0.25) is 4.98 Å². The highest BCUT2D eigenvalue weighted by Crippen LogP contribution is 2.49. The van der Waals surface area contributed by atoms with Gasteiger partial charge in [-0.05, 0) is 31.0 Å². The van der Waals surface area contributed by atoms with Gasteiger partial charge in [-0.25, -0.2) is 8.78 Å². The van der Waals surface area contributed by atoms with Crippen LogP contribution in [0.25, 0.3) is 11.4 Å². The molecule has 2 aromatic heterocycles. The number of aliphatic hydroxyl groups is 1. The average molecular weight is 343 g/mol. The maximum atomic E-state index is 14.3. The summed E-state index contributed by atoms with van der Waals surface area (Å²) in [6.45, 7) is -0.191. The first-order valence-electron chi connectivity index (χ1n) is 7.98. The summed E-state index contributed by atoms with van der Waals surface area (Å²) in [5.74, 6) is -0.552. The highest BCUT2D eigenvalue weighted by molar-refractivity contribution is 5.54. The Morgan fingerprint density at radius 3 is 2.68 bits per heavy atom. The van der Waals surface area contributed by atoms with Crippen molar-refractivity contribution in [1.82, 2.24) is 15.1 Å². The Labute approximate surface area is 142 Å². The third-order valence-electron chi connectivity index (χ3n) is 4.73. The Morgan fingerprint density at radius 1 is 1.16 bits per heavy atom. The molecule has 0 amide bonds. The van der Waals surface area contributed by atoms with Crippen LogP contribution in [0.3, 0.4) is 0 Å². The molecule has 1 fully saturated rings. The van der Waals surface area contributed by atoms with E-state index in [9.17, 15) is 13.9 Å². The number of rotatable bonds is 4. The molecule has 0 aliphatic heterocycles. The number of nitrogens with zero attached hydrogens (tertiary/aromatic N) is 3. The standard InChI is InChI=1S/C18H15F2N3O2/c19-12-2-3-14(15(20)9-12)18(5-1-6-18)17-22-16(23-25-17)11-4-7-21-13(8-11)10-24/h2-4,7-9,24H,1,5-6,10H2. The molecule has 4 rings (SSSR count). The van der Waals surface area contributed by atoms with Crippen molar-refractivity contribution in [2.75, 3.05) is 0 Å². The summed E-state index contributed by atoms with van der Waals surface area (Å²) in [6.07, 6.45) is 3.78. The molecular formula is C18H15F2N3O2. The van der Waals surface area contributed by atoms with Crippen LogP contribution in [0.5, 0.6) is 0 Å². The van der Waals surface area contributed by atoms with Gasteiger partial charge in [0.2, 0.25) is 11.7 Å². The van der Waals surface area contributed by atoms with E-state index < -0.39 is 17.0 Å². The third kappa shape index (κ3) is 2.60. The minimum Gasteiger partial charge on any atom is -0.390 e. The van der Waals surface area contributed by atoms with Crippen molar-refractivity contribution in [1.29, 1.82) is 0 Å². The minimum absolute atomic E-state index is 0.191. The summed E-state index contributed by atoms with van der Waals surface area (Å²) >= 11 is 0. The summed E-state index contributed by atoms with van der Waals surface area (Å²) in [6, 6.07) is 6.94. The van der Waals surface area contributed by atoms with E-state index >= 15 is 0 Å². The van der Waals surface area contributed by atoms with E-state index in [2.05, 4.69) is 15.1 Å². The minimum atomic E-state index is -0.712. The van der Waals surface area contributed by atoms with Crippen molar-refractivity contribution in [3.8, 4) is 11.4 Å². The Hall–Kier alpha value is -2.67. The molecule has 3 aromatic rings. The van der Waals surface area contributed by atoms with Gasteiger partial charge in [-0.2, -0.15) is 4.98 Å². The molecule has 0 bridgehead atoms. The van der Waals surface area contributed by atoms with Crippen molar-refractivity contribution in [3.63, 3.8) is 0 Å². The smallest absolute Gasteiger partial charge is 0.237 e. The number of hydrogen-bond acceptors (Lipinski definition) is 5. The zero-order valence-corrected chi connectivity index (χ0v) is 13.2.